The quantitative estimate of drug-likeness (QED) is 0.706. The zero-order valence-electron chi connectivity index (χ0n) is 11.8. The second-order valence-corrected chi connectivity index (χ2v) is 5.07. The lowest BCUT2D eigenvalue weighted by atomic mass is 9.97. The fourth-order valence-corrected chi connectivity index (χ4v) is 2.06. The lowest BCUT2D eigenvalue weighted by Gasteiger charge is -2.25. The first kappa shape index (κ1) is 15.7. The van der Waals surface area contributed by atoms with Crippen molar-refractivity contribution in [2.75, 3.05) is 0 Å². The standard InChI is InChI=1S/C15H23NO3/c1-4-11-5-7-12(8-6-11)15(19)13(9-14(17)18)16-10(2)3/h5-8,10,13,15-16,19H,4,9H2,1-3H3,(H,17,18). The molecule has 0 spiro atoms. The van der Waals surface area contributed by atoms with Crippen molar-refractivity contribution in [2.24, 2.45) is 0 Å². The van der Waals surface area contributed by atoms with Crippen LogP contribution in [0, 0.1) is 0 Å². The van der Waals surface area contributed by atoms with Crippen LogP contribution in [0.3, 0.4) is 0 Å². The molecule has 4 heteroatoms. The molecule has 0 aliphatic heterocycles. The van der Waals surface area contributed by atoms with Gasteiger partial charge in [0.2, 0.25) is 0 Å². The van der Waals surface area contributed by atoms with Crippen molar-refractivity contribution in [3.63, 3.8) is 0 Å². The maximum absolute atomic E-state index is 10.9. The molecule has 1 aromatic carbocycles. The van der Waals surface area contributed by atoms with Gasteiger partial charge in [-0.3, -0.25) is 4.79 Å². The number of aliphatic hydroxyl groups excluding tert-OH is 1. The molecule has 0 saturated heterocycles. The molecule has 2 atom stereocenters. The second kappa shape index (κ2) is 7.26. The predicted molar refractivity (Wildman–Crippen MR) is 75.1 cm³/mol. The third-order valence-corrected chi connectivity index (χ3v) is 3.05. The van der Waals surface area contributed by atoms with Crippen molar-refractivity contribution < 1.29 is 15.0 Å². The Kier molecular flexibility index (Phi) is 5.99. The Morgan fingerprint density at radius 3 is 2.26 bits per heavy atom. The summed E-state index contributed by atoms with van der Waals surface area (Å²) in [6.45, 7) is 5.93. The summed E-state index contributed by atoms with van der Waals surface area (Å²) in [5, 5.41) is 22.3. The highest BCUT2D eigenvalue weighted by molar-refractivity contribution is 5.67. The molecule has 0 heterocycles. The molecule has 0 aliphatic carbocycles. The van der Waals surface area contributed by atoms with Crippen LogP contribution in [0.15, 0.2) is 24.3 Å². The molecule has 0 bridgehead atoms. The number of aliphatic carboxylic acids is 1. The van der Waals surface area contributed by atoms with E-state index in [2.05, 4.69) is 12.2 Å². The minimum Gasteiger partial charge on any atom is -0.481 e. The zero-order chi connectivity index (χ0) is 14.4. The van der Waals surface area contributed by atoms with E-state index >= 15 is 0 Å². The van der Waals surface area contributed by atoms with Crippen LogP contribution in [-0.2, 0) is 11.2 Å². The summed E-state index contributed by atoms with van der Waals surface area (Å²) in [4.78, 5) is 10.9. The van der Waals surface area contributed by atoms with Crippen LogP contribution in [0.2, 0.25) is 0 Å². The van der Waals surface area contributed by atoms with Crippen LogP contribution < -0.4 is 5.32 Å². The Balaban J connectivity index is 2.83. The first-order chi connectivity index (χ1) is 8.93. The topological polar surface area (TPSA) is 69.6 Å². The Labute approximate surface area is 114 Å². The lowest BCUT2D eigenvalue weighted by Crippen LogP contribution is -2.40. The monoisotopic (exact) mass is 265 g/mol. The van der Waals surface area contributed by atoms with Crippen molar-refractivity contribution in [1.82, 2.24) is 5.32 Å². The van der Waals surface area contributed by atoms with E-state index in [1.54, 1.807) is 0 Å². The highest BCUT2D eigenvalue weighted by atomic mass is 16.4. The van der Waals surface area contributed by atoms with E-state index in [4.69, 9.17) is 5.11 Å². The van der Waals surface area contributed by atoms with Crippen LogP contribution in [-0.4, -0.2) is 28.3 Å². The summed E-state index contributed by atoms with van der Waals surface area (Å²) in [6.07, 6.45) is 0.0260. The fourth-order valence-electron chi connectivity index (χ4n) is 2.06. The number of carboxylic acids is 1. The van der Waals surface area contributed by atoms with Gasteiger partial charge in [-0.1, -0.05) is 45.0 Å². The van der Waals surface area contributed by atoms with Gasteiger partial charge >= 0.3 is 5.97 Å². The molecular formula is C15H23NO3. The van der Waals surface area contributed by atoms with Crippen molar-refractivity contribution >= 4 is 5.97 Å². The average Bonchev–Trinajstić information content (AvgIpc) is 2.36. The first-order valence-electron chi connectivity index (χ1n) is 6.68. The molecule has 4 nitrogen and oxygen atoms in total. The summed E-state index contributed by atoms with van der Waals surface area (Å²) in [7, 11) is 0. The molecule has 3 N–H and O–H groups in total. The van der Waals surface area contributed by atoms with E-state index in [9.17, 15) is 9.90 Å². The van der Waals surface area contributed by atoms with E-state index in [0.717, 1.165) is 12.0 Å². The van der Waals surface area contributed by atoms with Crippen LogP contribution >= 0.6 is 0 Å². The Morgan fingerprint density at radius 2 is 1.84 bits per heavy atom. The van der Waals surface area contributed by atoms with Gasteiger partial charge in [0, 0.05) is 12.1 Å². The maximum Gasteiger partial charge on any atom is 0.305 e. The lowest BCUT2D eigenvalue weighted by molar-refractivity contribution is -0.138. The van der Waals surface area contributed by atoms with Gasteiger partial charge in [0.05, 0.1) is 12.5 Å². The fraction of sp³-hybridized carbons (Fsp3) is 0.533. The zero-order valence-corrected chi connectivity index (χ0v) is 11.8. The minimum atomic E-state index is -0.914. The van der Waals surface area contributed by atoms with Gasteiger partial charge in [-0.15, -0.1) is 0 Å². The van der Waals surface area contributed by atoms with Crippen molar-refractivity contribution in [3.05, 3.63) is 35.4 Å². The van der Waals surface area contributed by atoms with E-state index in [1.807, 2.05) is 38.1 Å². The number of hydrogen-bond donors (Lipinski definition) is 3. The largest absolute Gasteiger partial charge is 0.481 e. The summed E-state index contributed by atoms with van der Waals surface area (Å²) < 4.78 is 0. The second-order valence-electron chi connectivity index (χ2n) is 5.07. The molecule has 0 amide bonds. The van der Waals surface area contributed by atoms with Gasteiger partial charge in [0.15, 0.2) is 0 Å². The van der Waals surface area contributed by atoms with E-state index in [0.29, 0.717) is 0 Å². The van der Waals surface area contributed by atoms with Gasteiger partial charge in [-0.05, 0) is 17.5 Å². The number of hydrogen-bond acceptors (Lipinski definition) is 3. The third kappa shape index (κ3) is 5.01. The molecule has 0 radical (unpaired) electrons. The summed E-state index contributed by atoms with van der Waals surface area (Å²) >= 11 is 0. The number of rotatable bonds is 7. The van der Waals surface area contributed by atoms with Crippen molar-refractivity contribution in [1.29, 1.82) is 0 Å². The number of aryl methyl sites for hydroxylation is 1. The normalized spacial score (nSPS) is 14.4. The molecule has 0 aliphatic rings. The smallest absolute Gasteiger partial charge is 0.305 e. The molecule has 0 aromatic heterocycles. The minimum absolute atomic E-state index is 0.102. The molecule has 1 aromatic rings. The van der Waals surface area contributed by atoms with Crippen LogP contribution in [0.4, 0.5) is 0 Å². The number of carboxylic acid groups (broad SMARTS) is 1. The molecule has 0 fully saturated rings. The van der Waals surface area contributed by atoms with Gasteiger partial charge in [-0.25, -0.2) is 0 Å². The van der Waals surface area contributed by atoms with Gasteiger partial charge in [-0.2, -0.15) is 0 Å². The average molecular weight is 265 g/mol. The summed E-state index contributed by atoms with van der Waals surface area (Å²) in [6, 6.07) is 7.29. The highest BCUT2D eigenvalue weighted by Crippen LogP contribution is 2.20. The molecule has 19 heavy (non-hydrogen) atoms. The first-order valence-corrected chi connectivity index (χ1v) is 6.68. The van der Waals surface area contributed by atoms with Gasteiger partial charge < -0.3 is 15.5 Å². The summed E-state index contributed by atoms with van der Waals surface area (Å²) in [5.74, 6) is -0.914. The Morgan fingerprint density at radius 1 is 1.26 bits per heavy atom. The summed E-state index contributed by atoms with van der Waals surface area (Å²) in [5.41, 5.74) is 1.94. The number of aliphatic hydroxyl groups is 1. The number of nitrogens with one attached hydrogen (secondary N) is 1. The Hall–Kier alpha value is -1.39. The maximum atomic E-state index is 10.9. The van der Waals surface area contributed by atoms with Crippen LogP contribution in [0.1, 0.15) is 44.4 Å². The SMILES string of the molecule is CCc1ccc(C(O)C(CC(=O)O)NC(C)C)cc1. The molecule has 106 valence electrons. The molecule has 1 rings (SSSR count). The third-order valence-electron chi connectivity index (χ3n) is 3.05. The van der Waals surface area contributed by atoms with Gasteiger partial charge in [0.1, 0.15) is 0 Å². The van der Waals surface area contributed by atoms with E-state index < -0.39 is 18.1 Å². The molecule has 0 saturated carbocycles. The van der Waals surface area contributed by atoms with Gasteiger partial charge in [0.25, 0.3) is 0 Å². The Bertz CT molecular complexity index is 400. The van der Waals surface area contributed by atoms with E-state index in [-0.39, 0.29) is 12.5 Å². The number of benzene rings is 1. The molecular weight excluding hydrogens is 242 g/mol. The van der Waals surface area contributed by atoms with Crippen LogP contribution in [0.5, 0.6) is 0 Å². The highest BCUT2D eigenvalue weighted by Gasteiger charge is 2.23. The number of carbonyl (C=O) groups is 1. The van der Waals surface area contributed by atoms with Crippen molar-refractivity contribution in [3.8, 4) is 0 Å². The van der Waals surface area contributed by atoms with E-state index in [1.165, 1.54) is 5.56 Å². The predicted octanol–water partition coefficient (Wildman–Crippen LogP) is 2.12. The van der Waals surface area contributed by atoms with Crippen LogP contribution in [0.25, 0.3) is 0 Å². The molecule has 2 unspecified atom stereocenters. The van der Waals surface area contributed by atoms with Crippen molar-refractivity contribution in [2.45, 2.75) is 51.8 Å².